The lowest BCUT2D eigenvalue weighted by molar-refractivity contribution is 0.0740. The second kappa shape index (κ2) is 6.41. The minimum Gasteiger partial charge on any atom is -0.335 e. The average Bonchev–Trinajstić information content (AvgIpc) is 2.44. The molecule has 0 aliphatic heterocycles. The van der Waals surface area contributed by atoms with Crippen LogP contribution in [-0.4, -0.2) is 22.8 Å². The molecule has 0 N–H and O–H groups in total. The number of hydrogen-bond donors (Lipinski definition) is 0. The van der Waals surface area contributed by atoms with Gasteiger partial charge in [-0.15, -0.1) is 0 Å². The molecule has 2 aromatic rings. The number of amides is 1. The number of carbonyl (C=O) groups is 1. The SMILES string of the molecule is CC(c1ccccc1F)N(C)C(=O)c1cc(Cl)nc(Cl)c1. The third-order valence-electron chi connectivity index (χ3n) is 3.27. The Morgan fingerprint density at radius 1 is 1.24 bits per heavy atom. The maximum atomic E-state index is 13.8. The number of benzene rings is 1. The maximum Gasteiger partial charge on any atom is 0.254 e. The molecule has 0 spiro atoms. The summed E-state index contributed by atoms with van der Waals surface area (Å²) in [6.45, 7) is 1.75. The summed E-state index contributed by atoms with van der Waals surface area (Å²) in [4.78, 5) is 17.7. The number of nitrogens with zero attached hydrogens (tertiary/aromatic N) is 2. The highest BCUT2D eigenvalue weighted by Crippen LogP contribution is 2.24. The molecule has 21 heavy (non-hydrogen) atoms. The van der Waals surface area contributed by atoms with E-state index in [1.165, 1.54) is 23.1 Å². The van der Waals surface area contributed by atoms with Crippen LogP contribution in [0.5, 0.6) is 0 Å². The summed E-state index contributed by atoms with van der Waals surface area (Å²) in [6, 6.07) is 8.79. The fourth-order valence-corrected chi connectivity index (χ4v) is 2.45. The van der Waals surface area contributed by atoms with Crippen molar-refractivity contribution in [2.45, 2.75) is 13.0 Å². The van der Waals surface area contributed by atoms with Gasteiger partial charge >= 0.3 is 0 Å². The fraction of sp³-hybridized carbons (Fsp3) is 0.200. The lowest BCUT2D eigenvalue weighted by atomic mass is 10.1. The van der Waals surface area contributed by atoms with Gasteiger partial charge in [0.1, 0.15) is 16.1 Å². The molecule has 3 nitrogen and oxygen atoms in total. The third kappa shape index (κ3) is 3.52. The van der Waals surface area contributed by atoms with Gasteiger partial charge in [-0.2, -0.15) is 0 Å². The monoisotopic (exact) mass is 326 g/mol. The van der Waals surface area contributed by atoms with E-state index >= 15 is 0 Å². The lowest BCUT2D eigenvalue weighted by Crippen LogP contribution is -2.30. The van der Waals surface area contributed by atoms with E-state index < -0.39 is 6.04 Å². The molecule has 0 saturated carbocycles. The Kier molecular flexibility index (Phi) is 4.80. The Balaban J connectivity index is 2.28. The van der Waals surface area contributed by atoms with E-state index in [1.807, 2.05) is 0 Å². The molecule has 1 heterocycles. The van der Waals surface area contributed by atoms with Crippen LogP contribution < -0.4 is 0 Å². The van der Waals surface area contributed by atoms with Crippen molar-refractivity contribution in [1.82, 2.24) is 9.88 Å². The summed E-state index contributed by atoms with van der Waals surface area (Å²) in [5, 5.41) is 0.274. The third-order valence-corrected chi connectivity index (χ3v) is 3.65. The van der Waals surface area contributed by atoms with Gasteiger partial charge in [-0.25, -0.2) is 9.37 Å². The van der Waals surface area contributed by atoms with Crippen LogP contribution in [0.1, 0.15) is 28.9 Å². The highest BCUT2D eigenvalue weighted by molar-refractivity contribution is 6.33. The van der Waals surface area contributed by atoms with E-state index in [9.17, 15) is 9.18 Å². The van der Waals surface area contributed by atoms with Crippen LogP contribution in [0.25, 0.3) is 0 Å². The molecule has 0 saturated heterocycles. The second-order valence-electron chi connectivity index (χ2n) is 4.61. The highest BCUT2D eigenvalue weighted by Gasteiger charge is 2.21. The summed E-state index contributed by atoms with van der Waals surface area (Å²) in [7, 11) is 1.60. The van der Waals surface area contributed by atoms with Gasteiger partial charge in [0.15, 0.2) is 0 Å². The zero-order valence-corrected chi connectivity index (χ0v) is 13.0. The van der Waals surface area contributed by atoms with Gasteiger partial charge in [-0.05, 0) is 25.1 Å². The van der Waals surface area contributed by atoms with Crippen LogP contribution in [-0.2, 0) is 0 Å². The smallest absolute Gasteiger partial charge is 0.254 e. The predicted octanol–water partition coefficient (Wildman–Crippen LogP) is 4.36. The Labute approximate surface area is 132 Å². The maximum absolute atomic E-state index is 13.8. The average molecular weight is 327 g/mol. The van der Waals surface area contributed by atoms with Gasteiger partial charge in [0.2, 0.25) is 0 Å². The van der Waals surface area contributed by atoms with Crippen molar-refractivity contribution in [3.63, 3.8) is 0 Å². The number of carbonyl (C=O) groups excluding carboxylic acids is 1. The Hall–Kier alpha value is -1.65. The summed E-state index contributed by atoms with van der Waals surface area (Å²) in [5.41, 5.74) is 0.755. The first-order valence-corrected chi connectivity index (χ1v) is 7.00. The molecule has 0 aliphatic rings. The molecule has 1 aromatic heterocycles. The van der Waals surface area contributed by atoms with Crippen LogP contribution in [0, 0.1) is 5.82 Å². The molecule has 0 radical (unpaired) electrons. The topological polar surface area (TPSA) is 33.2 Å². The standard InChI is InChI=1S/C15H13Cl2FN2O/c1-9(11-5-3-4-6-12(11)18)20(2)15(21)10-7-13(16)19-14(17)8-10/h3-9H,1-2H3. The first-order chi connectivity index (χ1) is 9.90. The van der Waals surface area contributed by atoms with E-state index in [1.54, 1.807) is 32.2 Å². The van der Waals surface area contributed by atoms with Crippen molar-refractivity contribution in [2.24, 2.45) is 0 Å². The number of halogens is 3. The van der Waals surface area contributed by atoms with Crippen LogP contribution in [0.2, 0.25) is 10.3 Å². The zero-order chi connectivity index (χ0) is 15.6. The van der Waals surface area contributed by atoms with Crippen LogP contribution >= 0.6 is 23.2 Å². The van der Waals surface area contributed by atoms with Crippen molar-refractivity contribution in [1.29, 1.82) is 0 Å². The highest BCUT2D eigenvalue weighted by atomic mass is 35.5. The van der Waals surface area contributed by atoms with E-state index in [2.05, 4.69) is 4.98 Å². The number of aromatic nitrogens is 1. The van der Waals surface area contributed by atoms with Crippen molar-refractivity contribution in [2.75, 3.05) is 7.05 Å². The first kappa shape index (κ1) is 15.7. The van der Waals surface area contributed by atoms with Crippen molar-refractivity contribution in [3.05, 3.63) is 63.6 Å². The van der Waals surface area contributed by atoms with Crippen LogP contribution in [0.4, 0.5) is 4.39 Å². The lowest BCUT2D eigenvalue weighted by Gasteiger charge is -2.25. The van der Waals surface area contributed by atoms with Crippen molar-refractivity contribution < 1.29 is 9.18 Å². The van der Waals surface area contributed by atoms with Crippen molar-refractivity contribution >= 4 is 29.1 Å². The molecule has 2 rings (SSSR count). The summed E-state index contributed by atoms with van der Waals surface area (Å²) >= 11 is 11.6. The summed E-state index contributed by atoms with van der Waals surface area (Å²) in [5.74, 6) is -0.660. The largest absolute Gasteiger partial charge is 0.335 e. The Bertz CT molecular complexity index is 658. The number of rotatable bonds is 3. The zero-order valence-electron chi connectivity index (χ0n) is 11.5. The van der Waals surface area contributed by atoms with Gasteiger partial charge in [0.25, 0.3) is 5.91 Å². The molecule has 0 bridgehead atoms. The fourth-order valence-electron chi connectivity index (χ4n) is 1.99. The van der Waals surface area contributed by atoms with Gasteiger partial charge in [0.05, 0.1) is 6.04 Å². The van der Waals surface area contributed by atoms with Gasteiger partial charge in [-0.3, -0.25) is 4.79 Å². The molecule has 0 aliphatic carbocycles. The van der Waals surface area contributed by atoms with E-state index in [4.69, 9.17) is 23.2 Å². The van der Waals surface area contributed by atoms with Crippen LogP contribution in [0.15, 0.2) is 36.4 Å². The molecule has 110 valence electrons. The van der Waals surface area contributed by atoms with E-state index in [0.29, 0.717) is 11.1 Å². The predicted molar refractivity (Wildman–Crippen MR) is 81.2 cm³/mol. The minimum absolute atomic E-state index is 0.137. The van der Waals surface area contributed by atoms with Gasteiger partial charge in [0, 0.05) is 18.2 Å². The van der Waals surface area contributed by atoms with Crippen LogP contribution in [0.3, 0.4) is 0 Å². The van der Waals surface area contributed by atoms with Crippen molar-refractivity contribution in [3.8, 4) is 0 Å². The Morgan fingerprint density at radius 2 is 1.81 bits per heavy atom. The molecular formula is C15H13Cl2FN2O. The van der Waals surface area contributed by atoms with E-state index in [0.717, 1.165) is 0 Å². The molecule has 1 unspecified atom stereocenters. The van der Waals surface area contributed by atoms with E-state index in [-0.39, 0.29) is 22.0 Å². The molecule has 6 heteroatoms. The Morgan fingerprint density at radius 3 is 2.38 bits per heavy atom. The first-order valence-electron chi connectivity index (χ1n) is 6.25. The number of pyridine rings is 1. The molecule has 1 aromatic carbocycles. The quantitative estimate of drug-likeness (QED) is 0.785. The summed E-state index contributed by atoms with van der Waals surface area (Å²) in [6.07, 6.45) is 0. The molecule has 0 fully saturated rings. The number of hydrogen-bond acceptors (Lipinski definition) is 2. The van der Waals surface area contributed by atoms with Gasteiger partial charge in [-0.1, -0.05) is 41.4 Å². The molecular weight excluding hydrogens is 314 g/mol. The molecule has 1 amide bonds. The summed E-state index contributed by atoms with van der Waals surface area (Å²) < 4.78 is 13.8. The molecule has 1 atom stereocenters. The second-order valence-corrected chi connectivity index (χ2v) is 5.39. The van der Waals surface area contributed by atoms with Gasteiger partial charge < -0.3 is 4.90 Å². The minimum atomic E-state index is -0.426. The normalized spacial score (nSPS) is 12.0.